The van der Waals surface area contributed by atoms with Crippen molar-refractivity contribution >= 4 is 51.1 Å². The fourth-order valence-electron chi connectivity index (χ4n) is 4.80. The first-order valence-electron chi connectivity index (χ1n) is 13.5. The number of aromatic nitrogens is 2. The first-order chi connectivity index (χ1) is 19.6. The molecule has 0 bridgehead atoms. The second-order valence-electron chi connectivity index (χ2n) is 10.4. The molecule has 2 aromatic heterocycles. The van der Waals surface area contributed by atoms with Crippen LogP contribution in [0.1, 0.15) is 68.0 Å². The lowest BCUT2D eigenvalue weighted by molar-refractivity contribution is -0.136. The molecular weight excluding hydrogens is 548 g/mol. The molecule has 1 saturated heterocycles. The summed E-state index contributed by atoms with van der Waals surface area (Å²) in [6.07, 6.45) is 1.28. The summed E-state index contributed by atoms with van der Waals surface area (Å²) in [5.41, 5.74) is 0.690. The number of rotatable bonds is 9. The zero-order valence-electron chi connectivity index (χ0n) is 23.3. The number of hydrogen-bond donors (Lipinski definition) is 3. The Morgan fingerprint density at radius 3 is 2.71 bits per heavy atom. The third-order valence-electron chi connectivity index (χ3n) is 6.78. The molecule has 1 fully saturated rings. The third kappa shape index (κ3) is 5.80. The number of benzene rings is 1. The van der Waals surface area contributed by atoms with Gasteiger partial charge in [-0.1, -0.05) is 6.92 Å². The molecule has 0 saturated carbocycles. The molecule has 13 heteroatoms. The molecule has 1 atom stereocenters. The van der Waals surface area contributed by atoms with Gasteiger partial charge in [0.2, 0.25) is 11.8 Å². The summed E-state index contributed by atoms with van der Waals surface area (Å²) in [5, 5.41) is 8.66. The number of thiazole rings is 1. The maximum atomic E-state index is 13.0. The average molecular weight is 581 g/mol. The number of fused-ring (bicyclic) bond motifs is 2. The predicted octanol–water partition coefficient (Wildman–Crippen LogP) is 3.70. The highest BCUT2D eigenvalue weighted by Crippen LogP contribution is 2.38. The van der Waals surface area contributed by atoms with E-state index in [1.807, 2.05) is 39.8 Å². The SMILES string of the molecule is CCCOc1cc(OCC)cc2sc(C(C)(C)NC(=O)Nc3ccc4c(n3)CN(C3CCC(=O)NC3=O)C4=O)nc12. The Bertz CT molecular complexity index is 1540. The number of carbonyl (C=O) groups excluding carboxylic acids is 4. The Labute approximate surface area is 240 Å². The Hall–Kier alpha value is -4.26. The van der Waals surface area contributed by atoms with Gasteiger partial charge >= 0.3 is 6.03 Å². The van der Waals surface area contributed by atoms with Crippen LogP contribution in [0.4, 0.5) is 10.6 Å². The van der Waals surface area contributed by atoms with E-state index in [1.54, 1.807) is 12.1 Å². The van der Waals surface area contributed by atoms with Crippen LogP contribution >= 0.6 is 11.3 Å². The monoisotopic (exact) mass is 580 g/mol. The third-order valence-corrected chi connectivity index (χ3v) is 8.11. The Morgan fingerprint density at radius 2 is 1.98 bits per heavy atom. The van der Waals surface area contributed by atoms with Crippen molar-refractivity contribution in [3.05, 3.63) is 40.5 Å². The lowest BCUT2D eigenvalue weighted by atomic mass is 10.0. The minimum atomic E-state index is -0.836. The lowest BCUT2D eigenvalue weighted by Crippen LogP contribution is -2.52. The van der Waals surface area contributed by atoms with Crippen molar-refractivity contribution in [3.8, 4) is 11.5 Å². The minimum Gasteiger partial charge on any atom is -0.494 e. The van der Waals surface area contributed by atoms with E-state index < -0.39 is 23.5 Å². The number of anilines is 1. The van der Waals surface area contributed by atoms with Crippen molar-refractivity contribution in [3.63, 3.8) is 0 Å². The zero-order valence-corrected chi connectivity index (χ0v) is 24.1. The van der Waals surface area contributed by atoms with Crippen LogP contribution in [0.5, 0.6) is 11.5 Å². The number of piperidine rings is 1. The molecule has 4 heterocycles. The van der Waals surface area contributed by atoms with Crippen LogP contribution in [0.3, 0.4) is 0 Å². The molecule has 216 valence electrons. The van der Waals surface area contributed by atoms with Gasteiger partial charge in [0.25, 0.3) is 5.91 Å². The van der Waals surface area contributed by atoms with Crippen LogP contribution in [0.15, 0.2) is 24.3 Å². The minimum absolute atomic E-state index is 0.112. The fourth-order valence-corrected chi connectivity index (χ4v) is 5.87. The predicted molar refractivity (Wildman–Crippen MR) is 152 cm³/mol. The second kappa shape index (κ2) is 11.3. The molecule has 12 nitrogen and oxygen atoms in total. The summed E-state index contributed by atoms with van der Waals surface area (Å²) in [5.74, 6) is 0.428. The number of ether oxygens (including phenoxy) is 2. The largest absolute Gasteiger partial charge is 0.494 e. The smallest absolute Gasteiger partial charge is 0.321 e. The molecule has 1 aromatic carbocycles. The standard InChI is InChI=1S/C28H32N6O6S/c1-5-11-40-19-12-15(39-6-2)13-20-23(19)32-26(41-20)28(3,4)33-27(38)30-21-9-7-16-17(29-21)14-34(25(16)37)18-8-10-22(35)31-24(18)36/h7,9,12-13,18H,5-6,8,10-11,14H2,1-4H3,(H,31,35,36)(H2,29,30,33,38). The van der Waals surface area contributed by atoms with Crippen LogP contribution in [0.2, 0.25) is 0 Å². The van der Waals surface area contributed by atoms with E-state index in [9.17, 15) is 19.2 Å². The molecule has 41 heavy (non-hydrogen) atoms. The molecule has 2 aliphatic rings. The summed E-state index contributed by atoms with van der Waals surface area (Å²) >= 11 is 1.44. The summed E-state index contributed by atoms with van der Waals surface area (Å²) < 4.78 is 12.5. The highest BCUT2D eigenvalue weighted by atomic mass is 32.1. The van der Waals surface area contributed by atoms with Crippen LogP contribution in [-0.4, -0.2) is 57.9 Å². The normalized spacial score (nSPS) is 16.9. The summed E-state index contributed by atoms with van der Waals surface area (Å²) in [6, 6.07) is 5.65. The average Bonchev–Trinajstić information content (AvgIpc) is 3.49. The number of imide groups is 1. The molecule has 5 rings (SSSR count). The molecule has 5 amide bonds. The van der Waals surface area contributed by atoms with Gasteiger partial charge < -0.3 is 19.7 Å². The number of hydrogen-bond acceptors (Lipinski definition) is 9. The molecule has 2 aliphatic heterocycles. The second-order valence-corrected chi connectivity index (χ2v) is 11.4. The van der Waals surface area contributed by atoms with E-state index in [1.165, 1.54) is 16.2 Å². The highest BCUT2D eigenvalue weighted by Gasteiger charge is 2.40. The molecule has 0 spiro atoms. The first kappa shape index (κ1) is 28.3. The number of pyridine rings is 1. The quantitative estimate of drug-likeness (QED) is 0.324. The van der Waals surface area contributed by atoms with Gasteiger partial charge in [-0.2, -0.15) is 0 Å². The first-order valence-corrected chi connectivity index (χ1v) is 14.4. The maximum Gasteiger partial charge on any atom is 0.321 e. The molecule has 3 N–H and O–H groups in total. The topological polar surface area (TPSA) is 152 Å². The van der Waals surface area contributed by atoms with E-state index in [4.69, 9.17) is 14.5 Å². The molecule has 3 aromatic rings. The van der Waals surface area contributed by atoms with Crippen molar-refractivity contribution in [1.29, 1.82) is 0 Å². The lowest BCUT2D eigenvalue weighted by Gasteiger charge is -2.29. The van der Waals surface area contributed by atoms with Crippen LogP contribution in [0.25, 0.3) is 10.2 Å². The Balaban J connectivity index is 1.29. The van der Waals surface area contributed by atoms with Gasteiger partial charge in [-0.3, -0.25) is 25.0 Å². The Kier molecular flexibility index (Phi) is 7.80. The van der Waals surface area contributed by atoms with E-state index in [-0.39, 0.29) is 37.0 Å². The van der Waals surface area contributed by atoms with Gasteiger partial charge in [0.15, 0.2) is 0 Å². The van der Waals surface area contributed by atoms with Gasteiger partial charge in [-0.05, 0) is 51.8 Å². The van der Waals surface area contributed by atoms with Crippen molar-refractivity contribution < 1.29 is 28.7 Å². The van der Waals surface area contributed by atoms with Gasteiger partial charge in [0, 0.05) is 12.5 Å². The molecule has 0 aliphatic carbocycles. The van der Waals surface area contributed by atoms with Crippen LogP contribution in [0, 0.1) is 0 Å². The summed E-state index contributed by atoms with van der Waals surface area (Å²) in [7, 11) is 0. The van der Waals surface area contributed by atoms with E-state index in [0.717, 1.165) is 11.1 Å². The van der Waals surface area contributed by atoms with Crippen molar-refractivity contribution in [2.24, 2.45) is 0 Å². The summed E-state index contributed by atoms with van der Waals surface area (Å²) in [4.78, 5) is 60.4. The van der Waals surface area contributed by atoms with Gasteiger partial charge in [0.1, 0.15) is 33.9 Å². The number of amides is 5. The van der Waals surface area contributed by atoms with Gasteiger partial charge in [-0.25, -0.2) is 14.8 Å². The number of carbonyl (C=O) groups is 4. The van der Waals surface area contributed by atoms with Crippen molar-refractivity contribution in [1.82, 2.24) is 25.5 Å². The van der Waals surface area contributed by atoms with E-state index in [0.29, 0.717) is 46.5 Å². The van der Waals surface area contributed by atoms with Crippen molar-refractivity contribution in [2.45, 2.75) is 65.1 Å². The Morgan fingerprint density at radius 1 is 1.17 bits per heavy atom. The van der Waals surface area contributed by atoms with E-state index in [2.05, 4.69) is 20.9 Å². The van der Waals surface area contributed by atoms with Gasteiger partial charge in [0.05, 0.1) is 41.3 Å². The fraction of sp³-hybridized carbons (Fsp3) is 0.429. The maximum absolute atomic E-state index is 13.0. The van der Waals surface area contributed by atoms with E-state index >= 15 is 0 Å². The number of nitrogens with one attached hydrogen (secondary N) is 3. The van der Waals surface area contributed by atoms with Crippen LogP contribution in [-0.2, 0) is 21.7 Å². The molecule has 1 unspecified atom stereocenters. The van der Waals surface area contributed by atoms with Crippen LogP contribution < -0.4 is 25.4 Å². The number of nitrogens with zero attached hydrogens (tertiary/aromatic N) is 3. The molecular formula is C28H32N6O6S. The zero-order chi connectivity index (χ0) is 29.3. The highest BCUT2D eigenvalue weighted by molar-refractivity contribution is 7.18. The van der Waals surface area contributed by atoms with Crippen molar-refractivity contribution in [2.75, 3.05) is 18.5 Å². The molecule has 0 radical (unpaired) electrons. The summed E-state index contributed by atoms with van der Waals surface area (Å²) in [6.45, 7) is 8.84. The van der Waals surface area contributed by atoms with Gasteiger partial charge in [-0.15, -0.1) is 11.3 Å². The number of urea groups is 1.